The van der Waals surface area contributed by atoms with E-state index in [1.807, 2.05) is 61.5 Å². The smallest absolute Gasteiger partial charge is 0.325 e. The monoisotopic (exact) mass is 423 g/mol. The Morgan fingerprint density at radius 1 is 1.13 bits per heavy atom. The number of carbonyl (C=O) groups excluding carboxylic acids is 3. The number of aryl methyl sites for hydroxylation is 1. The SMILES string of the molecule is COc1ccc(CC[C@@]2(C)NC(=O)N(CC(=O)NC[C@@H](C)c3ccccc3)C2=O)cc1. The van der Waals surface area contributed by atoms with Crippen molar-refractivity contribution in [3.63, 3.8) is 0 Å². The minimum absolute atomic E-state index is 0.128. The Labute approximate surface area is 182 Å². The zero-order valence-corrected chi connectivity index (χ0v) is 18.2. The molecule has 4 amide bonds. The van der Waals surface area contributed by atoms with Gasteiger partial charge < -0.3 is 15.4 Å². The fraction of sp³-hybridized carbons (Fsp3) is 0.375. The predicted molar refractivity (Wildman–Crippen MR) is 118 cm³/mol. The van der Waals surface area contributed by atoms with E-state index in [1.165, 1.54) is 0 Å². The highest BCUT2D eigenvalue weighted by Gasteiger charge is 2.47. The Hall–Kier alpha value is -3.35. The molecular weight excluding hydrogens is 394 g/mol. The van der Waals surface area contributed by atoms with Gasteiger partial charge >= 0.3 is 6.03 Å². The second-order valence-corrected chi connectivity index (χ2v) is 8.12. The highest BCUT2D eigenvalue weighted by Crippen LogP contribution is 2.24. The van der Waals surface area contributed by atoms with E-state index < -0.39 is 11.6 Å². The number of urea groups is 1. The molecule has 0 saturated carbocycles. The van der Waals surface area contributed by atoms with Crippen molar-refractivity contribution >= 4 is 17.8 Å². The van der Waals surface area contributed by atoms with Crippen LogP contribution in [0.2, 0.25) is 0 Å². The van der Waals surface area contributed by atoms with E-state index in [1.54, 1.807) is 14.0 Å². The topological polar surface area (TPSA) is 87.7 Å². The van der Waals surface area contributed by atoms with Crippen LogP contribution in [0, 0.1) is 0 Å². The summed E-state index contributed by atoms with van der Waals surface area (Å²) in [4.78, 5) is 38.7. The van der Waals surface area contributed by atoms with Crippen molar-refractivity contribution < 1.29 is 19.1 Å². The van der Waals surface area contributed by atoms with Gasteiger partial charge in [-0.3, -0.25) is 14.5 Å². The Balaban J connectivity index is 1.53. The normalized spacial score (nSPS) is 19.1. The largest absolute Gasteiger partial charge is 0.497 e. The van der Waals surface area contributed by atoms with E-state index in [4.69, 9.17) is 4.74 Å². The predicted octanol–water partition coefficient (Wildman–Crippen LogP) is 2.86. The molecule has 0 unspecified atom stereocenters. The zero-order chi connectivity index (χ0) is 22.4. The van der Waals surface area contributed by atoms with Crippen molar-refractivity contribution in [2.75, 3.05) is 20.2 Å². The van der Waals surface area contributed by atoms with E-state index in [2.05, 4.69) is 10.6 Å². The maximum Gasteiger partial charge on any atom is 0.325 e. The van der Waals surface area contributed by atoms with Crippen LogP contribution in [0.15, 0.2) is 54.6 Å². The second-order valence-electron chi connectivity index (χ2n) is 8.12. The van der Waals surface area contributed by atoms with E-state index in [-0.39, 0.29) is 24.3 Å². The second kappa shape index (κ2) is 9.64. The van der Waals surface area contributed by atoms with Gasteiger partial charge in [-0.25, -0.2) is 4.79 Å². The Morgan fingerprint density at radius 2 is 1.81 bits per heavy atom. The molecule has 2 N–H and O–H groups in total. The van der Waals surface area contributed by atoms with Crippen LogP contribution in [0.4, 0.5) is 4.79 Å². The van der Waals surface area contributed by atoms with Crippen molar-refractivity contribution in [2.45, 2.75) is 38.1 Å². The Morgan fingerprint density at radius 3 is 2.45 bits per heavy atom. The van der Waals surface area contributed by atoms with Crippen molar-refractivity contribution in [1.82, 2.24) is 15.5 Å². The number of carbonyl (C=O) groups is 3. The third kappa shape index (κ3) is 5.42. The zero-order valence-electron chi connectivity index (χ0n) is 18.2. The number of ether oxygens (including phenoxy) is 1. The number of imide groups is 1. The molecule has 31 heavy (non-hydrogen) atoms. The van der Waals surface area contributed by atoms with Gasteiger partial charge in [-0.1, -0.05) is 49.4 Å². The Kier molecular flexibility index (Phi) is 6.95. The van der Waals surface area contributed by atoms with Gasteiger partial charge in [-0.2, -0.15) is 0 Å². The molecule has 0 radical (unpaired) electrons. The maximum atomic E-state index is 12.9. The summed E-state index contributed by atoms with van der Waals surface area (Å²) in [7, 11) is 1.61. The standard InChI is InChI=1S/C24H29N3O4/c1-17(19-7-5-4-6-8-19)15-25-21(28)16-27-22(29)24(2,26-23(27)30)14-13-18-9-11-20(31-3)12-10-18/h4-12,17H,13-16H2,1-3H3,(H,25,28)(H,26,30)/t17-,24-/m1/s1. The number of nitrogens with one attached hydrogen (secondary N) is 2. The molecule has 1 fully saturated rings. The molecule has 2 aromatic carbocycles. The molecule has 2 atom stereocenters. The molecule has 1 heterocycles. The fourth-order valence-electron chi connectivity index (χ4n) is 3.61. The van der Waals surface area contributed by atoms with Crippen LogP contribution in [-0.2, 0) is 16.0 Å². The summed E-state index contributed by atoms with van der Waals surface area (Å²) >= 11 is 0. The quantitative estimate of drug-likeness (QED) is 0.607. The minimum Gasteiger partial charge on any atom is -0.497 e. The summed E-state index contributed by atoms with van der Waals surface area (Å²) in [6.45, 7) is 3.86. The molecule has 0 spiro atoms. The molecule has 0 bridgehead atoms. The van der Waals surface area contributed by atoms with Gasteiger partial charge in [0.1, 0.15) is 17.8 Å². The van der Waals surface area contributed by atoms with Crippen LogP contribution in [0.1, 0.15) is 37.3 Å². The first kappa shape index (κ1) is 22.3. The summed E-state index contributed by atoms with van der Waals surface area (Å²) in [6, 6.07) is 16.9. The third-order valence-corrected chi connectivity index (χ3v) is 5.69. The number of methoxy groups -OCH3 is 1. The van der Waals surface area contributed by atoms with Crippen LogP contribution >= 0.6 is 0 Å². The molecule has 7 nitrogen and oxygen atoms in total. The molecule has 3 rings (SSSR count). The molecule has 7 heteroatoms. The van der Waals surface area contributed by atoms with Crippen molar-refractivity contribution in [1.29, 1.82) is 0 Å². The average Bonchev–Trinajstić information content (AvgIpc) is 3.00. The van der Waals surface area contributed by atoms with Crippen LogP contribution in [0.3, 0.4) is 0 Å². The third-order valence-electron chi connectivity index (χ3n) is 5.69. The Bertz CT molecular complexity index is 930. The van der Waals surface area contributed by atoms with Gasteiger partial charge in [0.15, 0.2) is 0 Å². The van der Waals surface area contributed by atoms with Crippen molar-refractivity contribution in [3.05, 3.63) is 65.7 Å². The summed E-state index contributed by atoms with van der Waals surface area (Å²) in [5.74, 6) is 0.157. The molecular formula is C24H29N3O4. The lowest BCUT2D eigenvalue weighted by Gasteiger charge is -2.21. The molecule has 0 aliphatic carbocycles. The van der Waals surface area contributed by atoms with Crippen LogP contribution < -0.4 is 15.4 Å². The number of benzene rings is 2. The van der Waals surface area contributed by atoms with Crippen LogP contribution in [0.25, 0.3) is 0 Å². The number of hydrogen-bond acceptors (Lipinski definition) is 4. The van der Waals surface area contributed by atoms with Gasteiger partial charge in [-0.05, 0) is 48.9 Å². The average molecular weight is 424 g/mol. The van der Waals surface area contributed by atoms with E-state index in [0.717, 1.165) is 21.8 Å². The lowest BCUT2D eigenvalue weighted by atomic mass is 9.93. The van der Waals surface area contributed by atoms with Crippen molar-refractivity contribution in [2.24, 2.45) is 0 Å². The molecule has 1 aliphatic heterocycles. The van der Waals surface area contributed by atoms with Gasteiger partial charge in [0, 0.05) is 6.54 Å². The summed E-state index contributed by atoms with van der Waals surface area (Å²) in [6.07, 6.45) is 1.05. The first-order valence-electron chi connectivity index (χ1n) is 10.4. The lowest BCUT2D eigenvalue weighted by Crippen LogP contribution is -2.45. The number of hydrogen-bond donors (Lipinski definition) is 2. The molecule has 164 valence electrons. The number of rotatable bonds is 9. The van der Waals surface area contributed by atoms with Crippen molar-refractivity contribution in [3.8, 4) is 5.75 Å². The van der Waals surface area contributed by atoms with Crippen LogP contribution in [0.5, 0.6) is 5.75 Å². The highest BCUT2D eigenvalue weighted by atomic mass is 16.5. The van der Waals surface area contributed by atoms with Crippen LogP contribution in [-0.4, -0.2) is 48.5 Å². The van der Waals surface area contributed by atoms with E-state index in [0.29, 0.717) is 19.4 Å². The lowest BCUT2D eigenvalue weighted by molar-refractivity contribution is -0.134. The van der Waals surface area contributed by atoms with Gasteiger partial charge in [0.2, 0.25) is 5.91 Å². The fourth-order valence-corrected chi connectivity index (χ4v) is 3.61. The number of amides is 4. The first-order valence-corrected chi connectivity index (χ1v) is 10.4. The molecule has 2 aromatic rings. The minimum atomic E-state index is -1.03. The van der Waals surface area contributed by atoms with E-state index in [9.17, 15) is 14.4 Å². The van der Waals surface area contributed by atoms with E-state index >= 15 is 0 Å². The van der Waals surface area contributed by atoms with Gasteiger partial charge in [-0.15, -0.1) is 0 Å². The summed E-state index contributed by atoms with van der Waals surface area (Å²) < 4.78 is 5.15. The first-order chi connectivity index (χ1) is 14.8. The molecule has 1 saturated heterocycles. The van der Waals surface area contributed by atoms with Gasteiger partial charge in [0.25, 0.3) is 5.91 Å². The number of nitrogens with zero attached hydrogens (tertiary/aromatic N) is 1. The summed E-state index contributed by atoms with van der Waals surface area (Å²) in [5, 5.41) is 5.57. The van der Waals surface area contributed by atoms with Gasteiger partial charge in [0.05, 0.1) is 7.11 Å². The summed E-state index contributed by atoms with van der Waals surface area (Å²) in [5.41, 5.74) is 1.12. The maximum absolute atomic E-state index is 12.9. The molecule has 0 aromatic heterocycles. The molecule has 1 aliphatic rings. The highest BCUT2D eigenvalue weighted by molar-refractivity contribution is 6.08.